The Labute approximate surface area is 102 Å². The lowest BCUT2D eigenvalue weighted by molar-refractivity contribution is 0.628. The molecule has 1 unspecified atom stereocenters. The molecule has 0 spiro atoms. The lowest BCUT2D eigenvalue weighted by atomic mass is 10.2. The van der Waals surface area contributed by atoms with Crippen molar-refractivity contribution < 1.29 is 4.39 Å². The molecule has 1 atom stereocenters. The monoisotopic (exact) mass is 256 g/mol. The molecule has 5 heteroatoms. The molecule has 84 valence electrons. The summed E-state index contributed by atoms with van der Waals surface area (Å²) in [5.41, 5.74) is 6.55. The van der Waals surface area contributed by atoms with E-state index in [1.54, 1.807) is 18.3 Å². The van der Waals surface area contributed by atoms with E-state index in [4.69, 9.17) is 17.3 Å². The van der Waals surface area contributed by atoms with E-state index >= 15 is 0 Å². The molecule has 2 N–H and O–H groups in total. The van der Waals surface area contributed by atoms with E-state index < -0.39 is 5.82 Å². The van der Waals surface area contributed by atoms with E-state index in [2.05, 4.69) is 4.98 Å². The van der Waals surface area contributed by atoms with Gasteiger partial charge in [0.25, 0.3) is 0 Å². The van der Waals surface area contributed by atoms with Crippen LogP contribution in [0.3, 0.4) is 0 Å². The largest absolute Gasteiger partial charge is 0.323 e. The second kappa shape index (κ2) is 4.49. The fourth-order valence-corrected chi connectivity index (χ4v) is 2.31. The van der Waals surface area contributed by atoms with Gasteiger partial charge in [0, 0.05) is 22.7 Å². The molecule has 0 amide bonds. The van der Waals surface area contributed by atoms with E-state index in [1.165, 1.54) is 17.4 Å². The first-order chi connectivity index (χ1) is 7.58. The summed E-state index contributed by atoms with van der Waals surface area (Å²) >= 11 is 7.20. The van der Waals surface area contributed by atoms with Crippen molar-refractivity contribution in [1.29, 1.82) is 0 Å². The maximum absolute atomic E-state index is 13.0. The lowest BCUT2D eigenvalue weighted by Gasteiger charge is -1.99. The van der Waals surface area contributed by atoms with Gasteiger partial charge in [-0.25, -0.2) is 9.37 Å². The van der Waals surface area contributed by atoms with Crippen molar-refractivity contribution in [2.24, 2.45) is 5.73 Å². The number of benzene rings is 1. The van der Waals surface area contributed by atoms with E-state index in [0.29, 0.717) is 0 Å². The van der Waals surface area contributed by atoms with Crippen LogP contribution in [0.1, 0.15) is 17.8 Å². The van der Waals surface area contributed by atoms with Crippen molar-refractivity contribution >= 4 is 22.9 Å². The number of halogens is 2. The second-order valence-corrected chi connectivity index (χ2v) is 4.95. The number of nitrogens with zero attached hydrogens (tertiary/aromatic N) is 1. The quantitative estimate of drug-likeness (QED) is 0.891. The van der Waals surface area contributed by atoms with Gasteiger partial charge in [0.2, 0.25) is 0 Å². The average Bonchev–Trinajstić information content (AvgIpc) is 2.71. The highest BCUT2D eigenvalue weighted by atomic mass is 35.5. The van der Waals surface area contributed by atoms with Crippen LogP contribution in [-0.2, 0) is 0 Å². The van der Waals surface area contributed by atoms with Gasteiger partial charge in [-0.1, -0.05) is 11.6 Å². The summed E-state index contributed by atoms with van der Waals surface area (Å²) in [4.78, 5) is 5.23. The van der Waals surface area contributed by atoms with Crippen LogP contribution < -0.4 is 5.73 Å². The third-order valence-electron chi connectivity index (χ3n) is 2.14. The molecule has 1 heterocycles. The molecule has 0 saturated heterocycles. The van der Waals surface area contributed by atoms with Crippen molar-refractivity contribution in [3.05, 3.63) is 40.1 Å². The Balaban J connectivity index is 2.39. The summed E-state index contributed by atoms with van der Waals surface area (Å²) in [6.45, 7) is 1.90. The topological polar surface area (TPSA) is 38.9 Å². The summed E-state index contributed by atoms with van der Waals surface area (Å²) in [7, 11) is 0. The smallest absolute Gasteiger partial charge is 0.141 e. The second-order valence-electron chi connectivity index (χ2n) is 3.49. The van der Waals surface area contributed by atoms with Crippen LogP contribution in [0.15, 0.2) is 24.4 Å². The van der Waals surface area contributed by atoms with Gasteiger partial charge in [-0.3, -0.25) is 0 Å². The molecule has 1 aromatic carbocycles. The van der Waals surface area contributed by atoms with Gasteiger partial charge >= 0.3 is 0 Å². The first-order valence-electron chi connectivity index (χ1n) is 4.74. The fourth-order valence-electron chi connectivity index (χ4n) is 1.26. The normalized spacial score (nSPS) is 12.8. The molecule has 16 heavy (non-hydrogen) atoms. The average molecular weight is 257 g/mol. The van der Waals surface area contributed by atoms with Crippen molar-refractivity contribution in [1.82, 2.24) is 4.98 Å². The van der Waals surface area contributed by atoms with E-state index in [1.807, 2.05) is 6.92 Å². The summed E-state index contributed by atoms with van der Waals surface area (Å²) in [5.74, 6) is -0.422. The molecule has 0 bridgehead atoms. The minimum Gasteiger partial charge on any atom is -0.323 e. The van der Waals surface area contributed by atoms with Crippen LogP contribution in [0.5, 0.6) is 0 Å². The number of thiazole rings is 1. The Morgan fingerprint density at radius 3 is 2.81 bits per heavy atom. The molecule has 2 rings (SSSR count). The van der Waals surface area contributed by atoms with Gasteiger partial charge in [-0.2, -0.15) is 0 Å². The third kappa shape index (κ3) is 2.24. The maximum atomic E-state index is 13.0. The minimum absolute atomic E-state index is 0.0397. The van der Waals surface area contributed by atoms with Crippen LogP contribution in [0.25, 0.3) is 10.6 Å². The molecular formula is C11H10ClFN2S. The molecule has 1 aromatic heterocycles. The predicted octanol–water partition coefficient (Wildman–Crippen LogP) is 3.62. The lowest BCUT2D eigenvalue weighted by Crippen LogP contribution is -2.01. The SMILES string of the molecule is CC(N)c1cnc(-c2ccc(F)c(Cl)c2)s1. The highest BCUT2D eigenvalue weighted by Gasteiger charge is 2.09. The molecule has 0 fully saturated rings. The van der Waals surface area contributed by atoms with Crippen LogP contribution in [0.2, 0.25) is 5.02 Å². The minimum atomic E-state index is -0.422. The number of nitrogens with two attached hydrogens (primary N) is 1. The molecule has 2 nitrogen and oxygen atoms in total. The van der Waals surface area contributed by atoms with Gasteiger partial charge in [0.15, 0.2) is 0 Å². The number of aromatic nitrogens is 1. The molecule has 2 aromatic rings. The Morgan fingerprint density at radius 2 is 2.25 bits per heavy atom. The zero-order chi connectivity index (χ0) is 11.7. The van der Waals surface area contributed by atoms with Crippen LogP contribution in [-0.4, -0.2) is 4.98 Å². The number of hydrogen-bond acceptors (Lipinski definition) is 3. The highest BCUT2D eigenvalue weighted by Crippen LogP contribution is 2.30. The van der Waals surface area contributed by atoms with E-state index in [9.17, 15) is 4.39 Å². The zero-order valence-electron chi connectivity index (χ0n) is 8.58. The van der Waals surface area contributed by atoms with E-state index in [-0.39, 0.29) is 11.1 Å². The van der Waals surface area contributed by atoms with Crippen molar-refractivity contribution in [2.75, 3.05) is 0 Å². The summed E-state index contributed by atoms with van der Waals surface area (Å²) in [6, 6.07) is 4.53. The molecule has 0 aliphatic carbocycles. The molecule has 0 aliphatic rings. The van der Waals surface area contributed by atoms with Crippen LogP contribution >= 0.6 is 22.9 Å². The van der Waals surface area contributed by atoms with Gasteiger partial charge in [-0.05, 0) is 25.1 Å². The molecular weight excluding hydrogens is 247 g/mol. The Kier molecular flexibility index (Phi) is 3.23. The summed E-state index contributed by atoms with van der Waals surface area (Å²) in [6.07, 6.45) is 1.74. The fraction of sp³-hybridized carbons (Fsp3) is 0.182. The molecule has 0 radical (unpaired) electrons. The van der Waals surface area contributed by atoms with Crippen molar-refractivity contribution in [2.45, 2.75) is 13.0 Å². The van der Waals surface area contributed by atoms with Gasteiger partial charge < -0.3 is 5.73 Å². The van der Waals surface area contributed by atoms with Gasteiger partial charge in [0.05, 0.1) is 5.02 Å². The van der Waals surface area contributed by atoms with Crippen molar-refractivity contribution in [3.63, 3.8) is 0 Å². The van der Waals surface area contributed by atoms with Gasteiger partial charge in [0.1, 0.15) is 10.8 Å². The van der Waals surface area contributed by atoms with E-state index in [0.717, 1.165) is 15.4 Å². The predicted molar refractivity (Wildman–Crippen MR) is 65.1 cm³/mol. The molecule has 0 aliphatic heterocycles. The highest BCUT2D eigenvalue weighted by molar-refractivity contribution is 7.15. The maximum Gasteiger partial charge on any atom is 0.141 e. The third-order valence-corrected chi connectivity index (χ3v) is 3.68. The molecule has 0 saturated carbocycles. The number of hydrogen-bond donors (Lipinski definition) is 1. The standard InChI is InChI=1S/C11H10ClFN2S/c1-6(14)10-5-15-11(16-10)7-2-3-9(13)8(12)4-7/h2-6H,14H2,1H3. The van der Waals surface area contributed by atoms with Gasteiger partial charge in [-0.15, -0.1) is 11.3 Å². The number of rotatable bonds is 2. The zero-order valence-corrected chi connectivity index (χ0v) is 10.1. The summed E-state index contributed by atoms with van der Waals surface area (Å²) < 4.78 is 13.0. The van der Waals surface area contributed by atoms with Crippen LogP contribution in [0, 0.1) is 5.82 Å². The van der Waals surface area contributed by atoms with Crippen molar-refractivity contribution in [3.8, 4) is 10.6 Å². The summed E-state index contributed by atoms with van der Waals surface area (Å²) in [5, 5.41) is 0.907. The first-order valence-corrected chi connectivity index (χ1v) is 5.94. The Morgan fingerprint density at radius 1 is 1.50 bits per heavy atom. The van der Waals surface area contributed by atoms with Crippen LogP contribution in [0.4, 0.5) is 4.39 Å². The Bertz CT molecular complexity index is 510. The Hall–Kier alpha value is -0.970. The first kappa shape index (κ1) is 11.5.